The molecule has 0 aliphatic carbocycles. The standard InChI is InChI=1S/C4H5ClN2O/c5-3(8)4-6-1-2-7-4/h1-3,8H,(H,6,7). The number of alkyl halides is 1. The first kappa shape index (κ1) is 5.59. The monoisotopic (exact) mass is 132 g/mol. The minimum atomic E-state index is -1.01. The molecule has 0 saturated heterocycles. The Morgan fingerprint density at radius 3 is 2.88 bits per heavy atom. The van der Waals surface area contributed by atoms with Crippen molar-refractivity contribution in [2.75, 3.05) is 0 Å². The predicted octanol–water partition coefficient (Wildman–Crippen LogP) is 0.639. The molecule has 1 atom stereocenters. The summed E-state index contributed by atoms with van der Waals surface area (Å²) < 4.78 is 0. The lowest BCUT2D eigenvalue weighted by Crippen LogP contribution is -1.88. The molecule has 1 aromatic rings. The zero-order chi connectivity index (χ0) is 5.98. The fourth-order valence-corrected chi connectivity index (χ4v) is 0.527. The van der Waals surface area contributed by atoms with Crippen molar-refractivity contribution in [3.8, 4) is 0 Å². The number of imidazole rings is 1. The molecule has 1 heterocycles. The van der Waals surface area contributed by atoms with Crippen molar-refractivity contribution >= 4 is 11.6 Å². The Bertz CT molecular complexity index is 149. The summed E-state index contributed by atoms with van der Waals surface area (Å²) in [5.74, 6) is 0.381. The van der Waals surface area contributed by atoms with E-state index in [4.69, 9.17) is 16.7 Å². The Hall–Kier alpha value is -0.540. The second-order valence-corrected chi connectivity index (χ2v) is 1.72. The fourth-order valence-electron chi connectivity index (χ4n) is 0.408. The van der Waals surface area contributed by atoms with Crippen LogP contribution < -0.4 is 0 Å². The summed E-state index contributed by atoms with van der Waals surface area (Å²) in [7, 11) is 0. The third kappa shape index (κ3) is 0.993. The van der Waals surface area contributed by atoms with Crippen LogP contribution in [0.25, 0.3) is 0 Å². The molecule has 0 aliphatic rings. The van der Waals surface area contributed by atoms with Gasteiger partial charge in [-0.25, -0.2) is 4.98 Å². The highest BCUT2D eigenvalue weighted by Crippen LogP contribution is 2.09. The highest BCUT2D eigenvalue weighted by molar-refractivity contribution is 6.19. The molecule has 2 N–H and O–H groups in total. The van der Waals surface area contributed by atoms with Crippen molar-refractivity contribution < 1.29 is 5.11 Å². The van der Waals surface area contributed by atoms with E-state index >= 15 is 0 Å². The van der Waals surface area contributed by atoms with E-state index in [1.807, 2.05) is 0 Å². The lowest BCUT2D eigenvalue weighted by molar-refractivity contribution is 0.253. The van der Waals surface area contributed by atoms with Crippen molar-refractivity contribution in [3.63, 3.8) is 0 Å². The Labute approximate surface area is 51.3 Å². The van der Waals surface area contributed by atoms with Crippen molar-refractivity contribution in [1.82, 2.24) is 9.97 Å². The minimum Gasteiger partial charge on any atom is -0.371 e. The van der Waals surface area contributed by atoms with Gasteiger partial charge in [-0.2, -0.15) is 0 Å². The molecule has 0 aliphatic heterocycles. The molecular formula is C4H5ClN2O. The van der Waals surface area contributed by atoms with Crippen LogP contribution in [0.15, 0.2) is 12.4 Å². The molecule has 0 spiro atoms. The number of H-pyrrole nitrogens is 1. The maximum absolute atomic E-state index is 8.58. The van der Waals surface area contributed by atoms with Crippen LogP contribution in [0.2, 0.25) is 0 Å². The van der Waals surface area contributed by atoms with Crippen LogP contribution in [-0.4, -0.2) is 15.1 Å². The number of halogens is 1. The van der Waals surface area contributed by atoms with Gasteiger partial charge in [0.2, 0.25) is 0 Å². The van der Waals surface area contributed by atoms with Gasteiger partial charge in [-0.05, 0) is 0 Å². The fraction of sp³-hybridized carbons (Fsp3) is 0.250. The van der Waals surface area contributed by atoms with Gasteiger partial charge in [0.1, 0.15) is 0 Å². The summed E-state index contributed by atoms with van der Waals surface area (Å²) in [6, 6.07) is 0. The summed E-state index contributed by atoms with van der Waals surface area (Å²) >= 11 is 5.21. The molecule has 8 heavy (non-hydrogen) atoms. The minimum absolute atomic E-state index is 0.381. The van der Waals surface area contributed by atoms with E-state index in [1.165, 1.54) is 6.20 Å². The van der Waals surface area contributed by atoms with Crippen molar-refractivity contribution in [2.24, 2.45) is 0 Å². The van der Waals surface area contributed by atoms with Crippen LogP contribution in [0.5, 0.6) is 0 Å². The number of aromatic amines is 1. The number of aliphatic hydroxyl groups excluding tert-OH is 1. The maximum atomic E-state index is 8.58. The maximum Gasteiger partial charge on any atom is 0.186 e. The highest BCUT2D eigenvalue weighted by atomic mass is 35.5. The number of nitrogens with one attached hydrogen (secondary N) is 1. The number of aromatic nitrogens is 2. The summed E-state index contributed by atoms with van der Waals surface area (Å²) in [6.07, 6.45) is 3.13. The van der Waals surface area contributed by atoms with Crippen molar-refractivity contribution in [3.05, 3.63) is 18.2 Å². The van der Waals surface area contributed by atoms with Gasteiger partial charge >= 0.3 is 0 Å². The van der Waals surface area contributed by atoms with Gasteiger partial charge in [-0.3, -0.25) is 0 Å². The van der Waals surface area contributed by atoms with Gasteiger partial charge in [-0.1, -0.05) is 11.6 Å². The van der Waals surface area contributed by atoms with Crippen molar-refractivity contribution in [2.45, 2.75) is 5.56 Å². The van der Waals surface area contributed by atoms with E-state index in [1.54, 1.807) is 6.20 Å². The molecule has 3 nitrogen and oxygen atoms in total. The second-order valence-electron chi connectivity index (χ2n) is 1.31. The Kier molecular flexibility index (Phi) is 1.50. The average Bonchev–Trinajstić information content (AvgIpc) is 2.12. The summed E-state index contributed by atoms with van der Waals surface area (Å²) in [5, 5.41) is 8.58. The molecule has 0 radical (unpaired) electrons. The van der Waals surface area contributed by atoms with E-state index in [-0.39, 0.29) is 0 Å². The molecule has 0 bridgehead atoms. The first-order valence-corrected chi connectivity index (χ1v) is 2.56. The van der Waals surface area contributed by atoms with Crippen molar-refractivity contribution in [1.29, 1.82) is 0 Å². The molecule has 0 saturated carbocycles. The quantitative estimate of drug-likeness (QED) is 0.551. The van der Waals surface area contributed by atoms with Crippen LogP contribution in [0, 0.1) is 0 Å². The van der Waals surface area contributed by atoms with Crippen LogP contribution in [0.4, 0.5) is 0 Å². The molecule has 44 valence electrons. The number of rotatable bonds is 1. The third-order valence-corrected chi connectivity index (χ3v) is 0.952. The zero-order valence-corrected chi connectivity index (χ0v) is 4.76. The van der Waals surface area contributed by atoms with Crippen LogP contribution in [-0.2, 0) is 0 Å². The zero-order valence-electron chi connectivity index (χ0n) is 4.00. The van der Waals surface area contributed by atoms with E-state index < -0.39 is 5.56 Å². The van der Waals surface area contributed by atoms with Crippen LogP contribution >= 0.6 is 11.6 Å². The highest BCUT2D eigenvalue weighted by Gasteiger charge is 2.01. The number of hydrogen-bond acceptors (Lipinski definition) is 2. The number of hydrogen-bond donors (Lipinski definition) is 2. The predicted molar refractivity (Wildman–Crippen MR) is 29.4 cm³/mol. The molecular weight excluding hydrogens is 128 g/mol. The Morgan fingerprint density at radius 2 is 2.62 bits per heavy atom. The summed E-state index contributed by atoms with van der Waals surface area (Å²) in [4.78, 5) is 6.32. The normalized spacial score (nSPS) is 13.8. The van der Waals surface area contributed by atoms with E-state index in [0.717, 1.165) is 0 Å². The molecule has 1 aromatic heterocycles. The van der Waals surface area contributed by atoms with Gasteiger partial charge in [-0.15, -0.1) is 0 Å². The number of aliphatic hydroxyl groups is 1. The van der Waals surface area contributed by atoms with Gasteiger partial charge in [0, 0.05) is 12.4 Å². The molecule has 1 unspecified atom stereocenters. The SMILES string of the molecule is OC(Cl)c1ncc[nH]1. The van der Waals surface area contributed by atoms with E-state index in [2.05, 4.69) is 9.97 Å². The van der Waals surface area contributed by atoms with Crippen LogP contribution in [0.3, 0.4) is 0 Å². The van der Waals surface area contributed by atoms with Gasteiger partial charge in [0.15, 0.2) is 11.4 Å². The summed E-state index contributed by atoms with van der Waals surface area (Å²) in [6.45, 7) is 0. The molecule has 0 amide bonds. The summed E-state index contributed by atoms with van der Waals surface area (Å²) in [5.41, 5.74) is -1.01. The van der Waals surface area contributed by atoms with Crippen LogP contribution in [0.1, 0.15) is 11.4 Å². The Balaban J connectivity index is 2.77. The molecule has 0 fully saturated rings. The first-order chi connectivity index (χ1) is 3.80. The lowest BCUT2D eigenvalue weighted by Gasteiger charge is -1.91. The Morgan fingerprint density at radius 1 is 1.88 bits per heavy atom. The van der Waals surface area contributed by atoms with E-state index in [9.17, 15) is 0 Å². The molecule has 4 heteroatoms. The average molecular weight is 133 g/mol. The smallest absolute Gasteiger partial charge is 0.186 e. The van der Waals surface area contributed by atoms with Gasteiger partial charge in [0.05, 0.1) is 0 Å². The third-order valence-electron chi connectivity index (χ3n) is 0.745. The molecule has 0 aromatic carbocycles. The lowest BCUT2D eigenvalue weighted by atomic mass is 10.7. The van der Waals surface area contributed by atoms with Gasteiger partial charge in [0.25, 0.3) is 0 Å². The molecule has 1 rings (SSSR count). The van der Waals surface area contributed by atoms with Gasteiger partial charge < -0.3 is 10.1 Å². The first-order valence-electron chi connectivity index (χ1n) is 2.12. The van der Waals surface area contributed by atoms with E-state index in [0.29, 0.717) is 5.82 Å². The largest absolute Gasteiger partial charge is 0.371 e. The second kappa shape index (κ2) is 2.15. The topological polar surface area (TPSA) is 48.9 Å². The number of nitrogens with zero attached hydrogens (tertiary/aromatic N) is 1.